The zero-order valence-electron chi connectivity index (χ0n) is 6.42. The lowest BCUT2D eigenvalue weighted by atomic mass is 10.2. The van der Waals surface area contributed by atoms with Crippen molar-refractivity contribution in [3.8, 4) is 0 Å². The first-order valence-electron chi connectivity index (χ1n) is 3.03. The molecule has 4 heteroatoms. The number of carbonyl (C=O) groups is 1. The number of rotatable bonds is 3. The van der Waals surface area contributed by atoms with Crippen LogP contribution in [0.5, 0.6) is 0 Å². The average molecular weight is 160 g/mol. The van der Waals surface area contributed by atoms with Crippen LogP contribution < -0.4 is 5.32 Å². The second kappa shape index (κ2) is 5.29. The van der Waals surface area contributed by atoms with E-state index >= 15 is 0 Å². The molecular weight excluding hydrogens is 148 g/mol. The molecule has 10 heavy (non-hydrogen) atoms. The number of amides is 1. The van der Waals surface area contributed by atoms with Gasteiger partial charge in [0.05, 0.1) is 0 Å². The Bertz CT molecular complexity index is 134. The molecule has 0 bridgehead atoms. The van der Waals surface area contributed by atoms with Gasteiger partial charge < -0.3 is 5.32 Å². The van der Waals surface area contributed by atoms with E-state index in [0.717, 1.165) is 5.84 Å². The molecule has 0 fully saturated rings. The summed E-state index contributed by atoms with van der Waals surface area (Å²) < 4.78 is 4.00. The van der Waals surface area contributed by atoms with Crippen LogP contribution in [0.3, 0.4) is 0 Å². The third-order valence-electron chi connectivity index (χ3n) is 0.943. The molecule has 58 valence electrons. The summed E-state index contributed by atoms with van der Waals surface area (Å²) in [6.45, 7) is 3.96. The van der Waals surface area contributed by atoms with Crippen LogP contribution in [0, 0.1) is 5.92 Å². The van der Waals surface area contributed by atoms with Gasteiger partial charge in [-0.05, 0) is 11.9 Å². The fourth-order valence-corrected chi connectivity index (χ4v) is 0.917. The van der Waals surface area contributed by atoms with Gasteiger partial charge >= 0.3 is 0 Å². The molecule has 3 nitrogen and oxygen atoms in total. The van der Waals surface area contributed by atoms with E-state index in [1.54, 1.807) is 0 Å². The number of nitrogens with one attached hydrogen (secondary N) is 1. The Morgan fingerprint density at radius 1 is 1.70 bits per heavy atom. The van der Waals surface area contributed by atoms with Crippen LogP contribution in [0.15, 0.2) is 4.40 Å². The maximum Gasteiger partial charge on any atom is 0.212 e. The maximum absolute atomic E-state index is 9.99. The van der Waals surface area contributed by atoms with Crippen molar-refractivity contribution in [1.82, 2.24) is 5.32 Å². The Hall–Kier alpha value is -0.510. The smallest absolute Gasteiger partial charge is 0.212 e. The topological polar surface area (TPSA) is 41.5 Å². The standard InChI is InChI=1S/C6H12N2OS/c1-5(2)6(7-4-9)8-10-3/h4-5H,1-3H3,(H,7,8,9). The minimum Gasteiger partial charge on any atom is -0.316 e. The summed E-state index contributed by atoms with van der Waals surface area (Å²) in [5.41, 5.74) is 0. The molecule has 0 unspecified atom stereocenters. The van der Waals surface area contributed by atoms with E-state index in [0.29, 0.717) is 6.41 Å². The molecule has 0 spiro atoms. The first-order chi connectivity index (χ1) is 4.72. The highest BCUT2D eigenvalue weighted by molar-refractivity contribution is 7.97. The predicted octanol–water partition coefficient (Wildman–Crippen LogP) is 1.06. The summed E-state index contributed by atoms with van der Waals surface area (Å²) in [5.74, 6) is 1.00. The molecule has 0 aliphatic heterocycles. The summed E-state index contributed by atoms with van der Waals surface area (Å²) in [7, 11) is 0. The molecular formula is C6H12N2OS. The van der Waals surface area contributed by atoms with Gasteiger partial charge in [-0.2, -0.15) is 0 Å². The van der Waals surface area contributed by atoms with Gasteiger partial charge in [-0.25, -0.2) is 4.40 Å². The summed E-state index contributed by atoms with van der Waals surface area (Å²) in [6, 6.07) is 0. The van der Waals surface area contributed by atoms with Gasteiger partial charge in [0.15, 0.2) is 0 Å². The lowest BCUT2D eigenvalue weighted by Gasteiger charge is -2.05. The second-order valence-electron chi connectivity index (χ2n) is 2.08. The Kier molecular flexibility index (Phi) is 5.02. The van der Waals surface area contributed by atoms with Crippen LogP contribution in [-0.2, 0) is 4.79 Å². The summed E-state index contributed by atoms with van der Waals surface area (Å²) >= 11 is 1.34. The molecule has 1 N–H and O–H groups in total. The molecule has 1 amide bonds. The number of hydrogen-bond acceptors (Lipinski definition) is 3. The quantitative estimate of drug-likeness (QED) is 0.290. The van der Waals surface area contributed by atoms with Crippen molar-refractivity contribution in [2.45, 2.75) is 13.8 Å². The highest BCUT2D eigenvalue weighted by atomic mass is 32.2. The molecule has 0 aliphatic carbocycles. The fraction of sp³-hybridized carbons (Fsp3) is 0.667. The van der Waals surface area contributed by atoms with Crippen molar-refractivity contribution in [3.63, 3.8) is 0 Å². The molecule has 0 heterocycles. The molecule has 0 saturated carbocycles. The van der Waals surface area contributed by atoms with Crippen LogP contribution >= 0.6 is 11.9 Å². The second-order valence-corrected chi connectivity index (χ2v) is 2.62. The van der Waals surface area contributed by atoms with Gasteiger partial charge in [-0.1, -0.05) is 13.8 Å². The first-order valence-corrected chi connectivity index (χ1v) is 4.21. The SMILES string of the molecule is CSN=C(NC=O)C(C)C. The lowest BCUT2D eigenvalue weighted by Crippen LogP contribution is -2.26. The molecule has 0 radical (unpaired) electrons. The summed E-state index contributed by atoms with van der Waals surface area (Å²) in [5, 5.41) is 2.53. The van der Waals surface area contributed by atoms with Gasteiger partial charge in [0.1, 0.15) is 5.84 Å². The van der Waals surface area contributed by atoms with Crippen LogP contribution in [0.25, 0.3) is 0 Å². The third kappa shape index (κ3) is 3.50. The zero-order valence-corrected chi connectivity index (χ0v) is 7.23. The zero-order chi connectivity index (χ0) is 7.98. The van der Waals surface area contributed by atoms with Crippen molar-refractivity contribution in [3.05, 3.63) is 0 Å². The number of amidine groups is 1. The van der Waals surface area contributed by atoms with E-state index in [1.165, 1.54) is 11.9 Å². The highest BCUT2D eigenvalue weighted by Gasteiger charge is 2.01. The van der Waals surface area contributed by atoms with E-state index in [1.807, 2.05) is 20.1 Å². The van der Waals surface area contributed by atoms with Crippen molar-refractivity contribution in [2.24, 2.45) is 10.3 Å². The third-order valence-corrected chi connectivity index (χ3v) is 1.32. The fourth-order valence-electron chi connectivity index (χ4n) is 0.457. The van der Waals surface area contributed by atoms with Gasteiger partial charge in [-0.15, -0.1) is 0 Å². The predicted molar refractivity (Wildman–Crippen MR) is 45.0 cm³/mol. The average Bonchev–Trinajstić information content (AvgIpc) is 1.87. The molecule has 0 rings (SSSR count). The monoisotopic (exact) mass is 160 g/mol. The lowest BCUT2D eigenvalue weighted by molar-refractivity contribution is -0.108. The molecule has 0 aliphatic rings. The minimum absolute atomic E-state index is 0.276. The number of hydrogen-bond donors (Lipinski definition) is 1. The summed E-state index contributed by atoms with van der Waals surface area (Å²) in [4.78, 5) is 9.99. The molecule has 0 aromatic heterocycles. The normalized spacial score (nSPS) is 11.8. The van der Waals surface area contributed by atoms with E-state index in [-0.39, 0.29) is 5.92 Å². The Balaban J connectivity index is 3.96. The van der Waals surface area contributed by atoms with Gasteiger partial charge in [-0.3, -0.25) is 4.79 Å². The van der Waals surface area contributed by atoms with Crippen LogP contribution in [0.2, 0.25) is 0 Å². The van der Waals surface area contributed by atoms with E-state index in [9.17, 15) is 4.79 Å². The minimum atomic E-state index is 0.276. The largest absolute Gasteiger partial charge is 0.316 e. The van der Waals surface area contributed by atoms with Crippen LogP contribution in [-0.4, -0.2) is 18.5 Å². The number of carbonyl (C=O) groups excluding carboxylic acids is 1. The summed E-state index contributed by atoms with van der Waals surface area (Å²) in [6.07, 6.45) is 2.50. The van der Waals surface area contributed by atoms with Gasteiger partial charge in [0.2, 0.25) is 6.41 Å². The van der Waals surface area contributed by atoms with Crippen molar-refractivity contribution in [2.75, 3.05) is 6.26 Å². The Morgan fingerprint density at radius 3 is 2.60 bits per heavy atom. The van der Waals surface area contributed by atoms with Crippen LogP contribution in [0.1, 0.15) is 13.8 Å². The van der Waals surface area contributed by atoms with Crippen molar-refractivity contribution < 1.29 is 4.79 Å². The first kappa shape index (κ1) is 9.49. The van der Waals surface area contributed by atoms with Crippen LogP contribution in [0.4, 0.5) is 0 Å². The Morgan fingerprint density at radius 2 is 2.30 bits per heavy atom. The molecule has 0 aromatic carbocycles. The van der Waals surface area contributed by atoms with E-state index in [2.05, 4.69) is 9.71 Å². The highest BCUT2D eigenvalue weighted by Crippen LogP contribution is 2.00. The Labute approximate surface area is 65.4 Å². The van der Waals surface area contributed by atoms with Crippen molar-refractivity contribution >= 4 is 24.2 Å². The van der Waals surface area contributed by atoms with Crippen molar-refractivity contribution in [1.29, 1.82) is 0 Å². The maximum atomic E-state index is 9.99. The van der Waals surface area contributed by atoms with Gasteiger partial charge in [0, 0.05) is 12.2 Å². The van der Waals surface area contributed by atoms with Gasteiger partial charge in [0.25, 0.3) is 0 Å². The molecule has 0 atom stereocenters. The molecule has 0 aromatic rings. The van der Waals surface area contributed by atoms with E-state index in [4.69, 9.17) is 0 Å². The van der Waals surface area contributed by atoms with E-state index < -0.39 is 0 Å². The molecule has 0 saturated heterocycles. The number of nitrogens with zero attached hydrogens (tertiary/aromatic N) is 1.